The maximum atomic E-state index is 11.4. The molecule has 0 aromatic carbocycles. The number of carboxylic acid groups (broad SMARTS) is 1. The van der Waals surface area contributed by atoms with Crippen LogP contribution in [-0.2, 0) is 14.3 Å². The topological polar surface area (TPSA) is 78.9 Å². The van der Waals surface area contributed by atoms with Gasteiger partial charge >= 0.3 is 5.97 Å². The minimum absolute atomic E-state index is 0.300. The van der Waals surface area contributed by atoms with E-state index in [1.807, 2.05) is 0 Å². The summed E-state index contributed by atoms with van der Waals surface area (Å²) in [6, 6.07) is 0. The van der Waals surface area contributed by atoms with Crippen molar-refractivity contribution in [3.05, 3.63) is 0 Å². The zero-order valence-electron chi connectivity index (χ0n) is 10.3. The lowest BCUT2D eigenvalue weighted by molar-refractivity contribution is -0.138. The molecule has 2 N–H and O–H groups in total. The van der Waals surface area contributed by atoms with E-state index >= 15 is 0 Å². The lowest BCUT2D eigenvalue weighted by atomic mass is 10.1. The smallest absolute Gasteiger partial charge is 0.336 e. The Balaban J connectivity index is 1.93. The molecule has 1 heterocycles. The van der Waals surface area contributed by atoms with E-state index in [1.54, 1.807) is 0 Å². The summed E-state index contributed by atoms with van der Waals surface area (Å²) in [5.74, 6) is -1.37. The Bertz CT molecular complexity index is 267. The molecule has 2 unspecified atom stereocenters. The van der Waals surface area contributed by atoms with Gasteiger partial charge in [0.2, 0.25) is 0 Å². The van der Waals surface area contributed by atoms with Crippen molar-refractivity contribution in [1.82, 2.24) is 5.32 Å². The van der Waals surface area contributed by atoms with Gasteiger partial charge in [-0.3, -0.25) is 4.79 Å². The van der Waals surface area contributed by atoms with Crippen LogP contribution in [0.15, 0.2) is 0 Å². The molecule has 17 heavy (non-hydrogen) atoms. The van der Waals surface area contributed by atoms with Crippen LogP contribution in [-0.4, -0.2) is 35.7 Å². The van der Waals surface area contributed by atoms with Gasteiger partial charge in [0, 0.05) is 6.54 Å². The van der Waals surface area contributed by atoms with Crippen LogP contribution in [0.1, 0.15) is 45.4 Å². The molecule has 0 radical (unpaired) electrons. The van der Waals surface area contributed by atoms with Crippen LogP contribution in [0.5, 0.6) is 0 Å². The Kier molecular flexibility index (Phi) is 5.97. The van der Waals surface area contributed by atoms with Crippen molar-refractivity contribution >= 4 is 11.9 Å². The highest BCUT2D eigenvalue weighted by atomic mass is 16.6. The van der Waals surface area contributed by atoms with Crippen molar-refractivity contribution < 1.29 is 19.4 Å². The summed E-state index contributed by atoms with van der Waals surface area (Å²) in [7, 11) is 0. The Morgan fingerprint density at radius 1 is 1.12 bits per heavy atom. The van der Waals surface area contributed by atoms with Gasteiger partial charge in [-0.15, -0.1) is 0 Å². The molecule has 98 valence electrons. The standard InChI is InChI=1S/C12H21NO4/c1-2-3-4-5-6-7-8-13-11(14)9-10(17-9)12(15)16/h9-10H,2-8H2,1H3,(H,13,14)(H,15,16). The summed E-state index contributed by atoms with van der Waals surface area (Å²) in [4.78, 5) is 21.8. The highest BCUT2D eigenvalue weighted by molar-refractivity contribution is 5.91. The number of hydrogen-bond donors (Lipinski definition) is 2. The van der Waals surface area contributed by atoms with Gasteiger partial charge in [0.1, 0.15) is 0 Å². The predicted octanol–water partition coefficient (Wildman–Crippen LogP) is 1.32. The summed E-state index contributed by atoms with van der Waals surface area (Å²) in [6.45, 7) is 2.78. The van der Waals surface area contributed by atoms with Crippen molar-refractivity contribution in [3.8, 4) is 0 Å². The average molecular weight is 243 g/mol. The van der Waals surface area contributed by atoms with Gasteiger partial charge in [-0.05, 0) is 6.42 Å². The van der Waals surface area contributed by atoms with Crippen LogP contribution >= 0.6 is 0 Å². The molecule has 1 fully saturated rings. The van der Waals surface area contributed by atoms with Crippen LogP contribution < -0.4 is 5.32 Å². The first-order valence-corrected chi connectivity index (χ1v) is 6.32. The highest BCUT2D eigenvalue weighted by Crippen LogP contribution is 2.21. The number of epoxide rings is 1. The molecule has 5 heteroatoms. The van der Waals surface area contributed by atoms with Gasteiger partial charge in [0.05, 0.1) is 0 Å². The summed E-state index contributed by atoms with van der Waals surface area (Å²) in [5.41, 5.74) is 0. The molecule has 1 aliphatic heterocycles. The molecule has 1 amide bonds. The zero-order chi connectivity index (χ0) is 12.7. The van der Waals surface area contributed by atoms with Gasteiger partial charge in [0.15, 0.2) is 12.2 Å². The van der Waals surface area contributed by atoms with Crippen molar-refractivity contribution in [1.29, 1.82) is 0 Å². The van der Waals surface area contributed by atoms with E-state index in [0.717, 1.165) is 12.8 Å². The third kappa shape index (κ3) is 5.17. The minimum atomic E-state index is -1.07. The number of hydrogen-bond acceptors (Lipinski definition) is 3. The number of ether oxygens (including phenoxy) is 1. The quantitative estimate of drug-likeness (QED) is 0.473. The van der Waals surface area contributed by atoms with Crippen molar-refractivity contribution in [3.63, 3.8) is 0 Å². The highest BCUT2D eigenvalue weighted by Gasteiger charge is 2.50. The van der Waals surface area contributed by atoms with E-state index < -0.39 is 18.2 Å². The lowest BCUT2D eigenvalue weighted by Gasteiger charge is -2.02. The summed E-state index contributed by atoms with van der Waals surface area (Å²) < 4.78 is 4.74. The Labute approximate surface area is 102 Å². The first kappa shape index (κ1) is 14.0. The second-order valence-corrected chi connectivity index (χ2v) is 4.37. The molecule has 0 spiro atoms. The number of nitrogens with one attached hydrogen (secondary N) is 1. The second kappa shape index (κ2) is 7.27. The SMILES string of the molecule is CCCCCCCCNC(=O)C1OC1C(=O)O. The molecule has 2 atom stereocenters. The Morgan fingerprint density at radius 2 is 1.76 bits per heavy atom. The summed E-state index contributed by atoms with van der Waals surface area (Å²) in [6.07, 6.45) is 5.29. The molecule has 1 saturated heterocycles. The molecule has 0 aromatic rings. The molecule has 0 saturated carbocycles. The average Bonchev–Trinajstić information content (AvgIpc) is 3.07. The molecule has 1 rings (SSSR count). The molecular formula is C12H21NO4. The number of aliphatic carboxylic acids is 1. The van der Waals surface area contributed by atoms with Crippen LogP contribution in [0, 0.1) is 0 Å². The van der Waals surface area contributed by atoms with Crippen molar-refractivity contribution in [2.24, 2.45) is 0 Å². The number of unbranched alkanes of at least 4 members (excludes halogenated alkanes) is 5. The third-order valence-electron chi connectivity index (χ3n) is 2.82. The first-order chi connectivity index (χ1) is 8.16. The Hall–Kier alpha value is -1.10. The maximum Gasteiger partial charge on any atom is 0.336 e. The van der Waals surface area contributed by atoms with E-state index in [2.05, 4.69) is 12.2 Å². The summed E-state index contributed by atoms with van der Waals surface area (Å²) >= 11 is 0. The molecular weight excluding hydrogens is 222 g/mol. The number of carbonyl (C=O) groups excluding carboxylic acids is 1. The number of carbonyl (C=O) groups is 2. The van der Waals surface area contributed by atoms with E-state index in [9.17, 15) is 9.59 Å². The van der Waals surface area contributed by atoms with Crippen LogP contribution in [0.3, 0.4) is 0 Å². The first-order valence-electron chi connectivity index (χ1n) is 6.32. The largest absolute Gasteiger partial charge is 0.479 e. The fourth-order valence-corrected chi connectivity index (χ4v) is 1.72. The number of amides is 1. The predicted molar refractivity (Wildman–Crippen MR) is 62.7 cm³/mol. The molecule has 0 aromatic heterocycles. The lowest BCUT2D eigenvalue weighted by Crippen LogP contribution is -2.31. The molecule has 0 bridgehead atoms. The Morgan fingerprint density at radius 3 is 2.35 bits per heavy atom. The fraction of sp³-hybridized carbons (Fsp3) is 0.833. The second-order valence-electron chi connectivity index (χ2n) is 4.37. The monoisotopic (exact) mass is 243 g/mol. The molecule has 0 aliphatic carbocycles. The van der Waals surface area contributed by atoms with Gasteiger partial charge in [-0.25, -0.2) is 4.79 Å². The minimum Gasteiger partial charge on any atom is -0.479 e. The van der Waals surface area contributed by atoms with Gasteiger partial charge in [0.25, 0.3) is 5.91 Å². The van der Waals surface area contributed by atoms with E-state index in [-0.39, 0.29) is 5.91 Å². The van der Waals surface area contributed by atoms with E-state index in [4.69, 9.17) is 9.84 Å². The zero-order valence-corrected chi connectivity index (χ0v) is 10.3. The number of rotatable bonds is 9. The van der Waals surface area contributed by atoms with Gasteiger partial charge in [-0.1, -0.05) is 39.0 Å². The number of carboxylic acids is 1. The van der Waals surface area contributed by atoms with E-state index in [1.165, 1.54) is 25.7 Å². The molecule has 5 nitrogen and oxygen atoms in total. The van der Waals surface area contributed by atoms with Gasteiger partial charge in [-0.2, -0.15) is 0 Å². The maximum absolute atomic E-state index is 11.4. The van der Waals surface area contributed by atoms with Crippen molar-refractivity contribution in [2.45, 2.75) is 57.7 Å². The third-order valence-corrected chi connectivity index (χ3v) is 2.82. The molecule has 1 aliphatic rings. The fourth-order valence-electron chi connectivity index (χ4n) is 1.72. The van der Waals surface area contributed by atoms with Crippen molar-refractivity contribution in [2.75, 3.05) is 6.54 Å². The van der Waals surface area contributed by atoms with Crippen LogP contribution in [0.2, 0.25) is 0 Å². The van der Waals surface area contributed by atoms with Gasteiger partial charge < -0.3 is 15.2 Å². The summed E-state index contributed by atoms with van der Waals surface area (Å²) in [5, 5.41) is 11.3. The van der Waals surface area contributed by atoms with E-state index in [0.29, 0.717) is 6.54 Å². The normalized spacial score (nSPS) is 22.2. The van der Waals surface area contributed by atoms with Crippen LogP contribution in [0.4, 0.5) is 0 Å². The van der Waals surface area contributed by atoms with Crippen LogP contribution in [0.25, 0.3) is 0 Å².